The fourth-order valence-electron chi connectivity index (χ4n) is 3.75. The molecule has 0 spiro atoms. The van der Waals surface area contributed by atoms with Crippen molar-refractivity contribution in [1.82, 2.24) is 14.6 Å². The summed E-state index contributed by atoms with van der Waals surface area (Å²) in [6, 6.07) is 4.84. The second-order valence-corrected chi connectivity index (χ2v) is 6.80. The van der Waals surface area contributed by atoms with Crippen LogP contribution >= 0.6 is 0 Å². The number of fused-ring (bicyclic) bond motifs is 1. The third-order valence-corrected chi connectivity index (χ3v) is 5.01. The molecule has 1 aliphatic rings. The minimum Gasteiger partial charge on any atom is -0.508 e. The number of carboxylic acid groups (broad SMARTS) is 1. The van der Waals surface area contributed by atoms with Crippen LogP contribution in [0.4, 0.5) is 10.2 Å². The predicted molar refractivity (Wildman–Crippen MR) is 98.1 cm³/mol. The van der Waals surface area contributed by atoms with Crippen molar-refractivity contribution < 1.29 is 24.5 Å². The molecule has 0 saturated carbocycles. The summed E-state index contributed by atoms with van der Waals surface area (Å²) < 4.78 is 15.1. The van der Waals surface area contributed by atoms with Gasteiger partial charge in [-0.25, -0.2) is 18.7 Å². The molecule has 1 aliphatic heterocycles. The molecule has 1 unspecified atom stereocenters. The number of aliphatic hydroxyl groups is 1. The Balaban J connectivity index is 1.82. The van der Waals surface area contributed by atoms with E-state index in [0.717, 1.165) is 6.07 Å². The molecular weight excluding hydrogens is 367 g/mol. The van der Waals surface area contributed by atoms with Crippen LogP contribution in [-0.2, 0) is 6.42 Å². The Morgan fingerprint density at radius 2 is 2.14 bits per heavy atom. The molecule has 3 heterocycles. The number of β-amino-alcohol motifs (C(OH)–C–C–N with tert-alkyl or cyclic N) is 1. The molecule has 3 N–H and O–H groups in total. The van der Waals surface area contributed by atoms with Gasteiger partial charge in [0.1, 0.15) is 22.9 Å². The zero-order valence-electron chi connectivity index (χ0n) is 15.1. The molecule has 3 aromatic rings. The zero-order valence-corrected chi connectivity index (χ0v) is 15.1. The first-order chi connectivity index (χ1) is 13.4. The molecule has 2 atom stereocenters. The van der Waals surface area contributed by atoms with E-state index >= 15 is 0 Å². The lowest BCUT2D eigenvalue weighted by Gasteiger charge is -2.26. The Morgan fingerprint density at radius 1 is 1.36 bits per heavy atom. The van der Waals surface area contributed by atoms with Crippen LogP contribution in [-0.4, -0.2) is 48.5 Å². The van der Waals surface area contributed by atoms with Crippen LogP contribution in [0.3, 0.4) is 0 Å². The maximum absolute atomic E-state index is 13.7. The average Bonchev–Trinajstić information content (AvgIpc) is 3.23. The maximum atomic E-state index is 13.7. The molecule has 4 rings (SSSR count). The van der Waals surface area contributed by atoms with Gasteiger partial charge in [0, 0.05) is 18.3 Å². The highest BCUT2D eigenvalue weighted by molar-refractivity contribution is 5.96. The number of aromatic carboxylic acids is 1. The molecule has 8 nitrogen and oxygen atoms in total. The van der Waals surface area contributed by atoms with Crippen molar-refractivity contribution in [3.8, 4) is 5.75 Å². The van der Waals surface area contributed by atoms with Crippen molar-refractivity contribution >= 4 is 17.4 Å². The van der Waals surface area contributed by atoms with Crippen molar-refractivity contribution in [3.63, 3.8) is 0 Å². The number of carboxylic acids is 1. The minimum atomic E-state index is -1.11. The number of hydrogen-bond acceptors (Lipinski definition) is 6. The van der Waals surface area contributed by atoms with Crippen LogP contribution in [0, 0.1) is 5.82 Å². The van der Waals surface area contributed by atoms with Gasteiger partial charge in [0.05, 0.1) is 17.8 Å². The zero-order chi connectivity index (χ0) is 20.0. The number of aryl methyl sites for hydroxylation is 1. The summed E-state index contributed by atoms with van der Waals surface area (Å²) in [5, 5.41) is 34.2. The van der Waals surface area contributed by atoms with Gasteiger partial charge in [0.15, 0.2) is 5.65 Å². The van der Waals surface area contributed by atoms with E-state index in [1.54, 1.807) is 17.2 Å². The highest BCUT2D eigenvalue weighted by Crippen LogP contribution is 2.39. The Hall–Kier alpha value is -3.20. The van der Waals surface area contributed by atoms with Gasteiger partial charge in [-0.2, -0.15) is 5.10 Å². The number of aromatic hydroxyl groups is 1. The van der Waals surface area contributed by atoms with Crippen LogP contribution in [0.1, 0.15) is 41.0 Å². The summed E-state index contributed by atoms with van der Waals surface area (Å²) >= 11 is 0. The van der Waals surface area contributed by atoms with Crippen molar-refractivity contribution in [1.29, 1.82) is 0 Å². The van der Waals surface area contributed by atoms with Crippen LogP contribution < -0.4 is 4.90 Å². The lowest BCUT2D eigenvalue weighted by Crippen LogP contribution is -2.25. The van der Waals surface area contributed by atoms with Gasteiger partial charge in [-0.05, 0) is 37.1 Å². The molecule has 0 bridgehead atoms. The highest BCUT2D eigenvalue weighted by Gasteiger charge is 2.35. The number of aromatic nitrogens is 3. The average molecular weight is 386 g/mol. The first-order valence-electron chi connectivity index (χ1n) is 8.93. The van der Waals surface area contributed by atoms with Gasteiger partial charge in [-0.15, -0.1) is 0 Å². The van der Waals surface area contributed by atoms with Crippen LogP contribution in [0.15, 0.2) is 30.5 Å². The number of aliphatic hydroxyl groups excluding tert-OH is 1. The number of anilines is 1. The standard InChI is InChI=1S/C19H19FN4O4/c1-2-13-17(19(27)28)18-21-16(5-6-24(18)22-13)23-9-11(25)8-14(23)12-7-10(20)3-4-15(12)26/h3-7,11,14,25-26H,2,8-9H2,1H3,(H,27,28)/t11?,14-/m1/s1. The highest BCUT2D eigenvalue weighted by atomic mass is 19.1. The van der Waals surface area contributed by atoms with Crippen molar-refractivity contribution in [3.05, 3.63) is 53.1 Å². The van der Waals surface area contributed by atoms with Gasteiger partial charge >= 0.3 is 5.97 Å². The second-order valence-electron chi connectivity index (χ2n) is 6.80. The smallest absolute Gasteiger partial charge is 0.341 e. The summed E-state index contributed by atoms with van der Waals surface area (Å²) in [7, 11) is 0. The van der Waals surface area contributed by atoms with E-state index in [-0.39, 0.29) is 29.9 Å². The fraction of sp³-hybridized carbons (Fsp3) is 0.316. The topological polar surface area (TPSA) is 111 Å². The van der Waals surface area contributed by atoms with Crippen molar-refractivity contribution in [2.24, 2.45) is 0 Å². The predicted octanol–water partition coefficient (Wildman–Crippen LogP) is 2.15. The summed E-state index contributed by atoms with van der Waals surface area (Å²) in [6.45, 7) is 2.04. The molecule has 9 heteroatoms. The van der Waals surface area contributed by atoms with Crippen LogP contribution in [0.25, 0.3) is 5.65 Å². The van der Waals surface area contributed by atoms with Gasteiger partial charge in [0.2, 0.25) is 0 Å². The van der Waals surface area contributed by atoms with E-state index in [2.05, 4.69) is 10.1 Å². The summed E-state index contributed by atoms with van der Waals surface area (Å²) in [4.78, 5) is 17.9. The third-order valence-electron chi connectivity index (χ3n) is 5.01. The number of phenols is 1. The van der Waals surface area contributed by atoms with Gasteiger partial charge < -0.3 is 20.2 Å². The molecule has 0 amide bonds. The Kier molecular flexibility index (Phi) is 4.38. The molecule has 0 radical (unpaired) electrons. The van der Waals surface area contributed by atoms with E-state index in [0.29, 0.717) is 23.5 Å². The number of phenolic OH excluding ortho intramolecular Hbond substituents is 1. The van der Waals surface area contributed by atoms with E-state index in [1.165, 1.54) is 16.6 Å². The molecule has 1 fully saturated rings. The number of benzene rings is 1. The Bertz CT molecular complexity index is 1070. The Labute approximate surface area is 159 Å². The first kappa shape index (κ1) is 18.2. The second kappa shape index (κ2) is 6.75. The Morgan fingerprint density at radius 3 is 2.86 bits per heavy atom. The van der Waals surface area contributed by atoms with E-state index in [9.17, 15) is 24.5 Å². The number of nitrogens with zero attached hydrogens (tertiary/aromatic N) is 4. The summed E-state index contributed by atoms with van der Waals surface area (Å²) in [5.41, 5.74) is 1.01. The molecule has 1 saturated heterocycles. The van der Waals surface area contributed by atoms with Crippen molar-refractivity contribution in [2.75, 3.05) is 11.4 Å². The number of carbonyl (C=O) groups is 1. The lowest BCUT2D eigenvalue weighted by atomic mass is 10.0. The van der Waals surface area contributed by atoms with Gasteiger partial charge in [-0.1, -0.05) is 6.92 Å². The van der Waals surface area contributed by atoms with E-state index < -0.39 is 23.9 Å². The molecule has 1 aromatic carbocycles. The lowest BCUT2D eigenvalue weighted by molar-refractivity contribution is 0.0697. The molecule has 28 heavy (non-hydrogen) atoms. The SMILES string of the molecule is CCc1nn2ccc(N3CC(O)C[C@@H]3c3cc(F)ccc3O)nc2c1C(=O)O. The summed E-state index contributed by atoms with van der Waals surface area (Å²) in [5.74, 6) is -1.26. The first-order valence-corrected chi connectivity index (χ1v) is 8.93. The molecular formula is C19H19FN4O4. The fourth-order valence-corrected chi connectivity index (χ4v) is 3.75. The van der Waals surface area contributed by atoms with Crippen LogP contribution in [0.2, 0.25) is 0 Å². The number of hydrogen-bond donors (Lipinski definition) is 3. The maximum Gasteiger partial charge on any atom is 0.341 e. The summed E-state index contributed by atoms with van der Waals surface area (Å²) in [6.07, 6.45) is 1.65. The molecule has 146 valence electrons. The van der Waals surface area contributed by atoms with E-state index in [4.69, 9.17) is 0 Å². The third kappa shape index (κ3) is 2.93. The monoisotopic (exact) mass is 386 g/mol. The van der Waals surface area contributed by atoms with Gasteiger partial charge in [0.25, 0.3) is 0 Å². The number of rotatable bonds is 4. The largest absolute Gasteiger partial charge is 0.508 e. The van der Waals surface area contributed by atoms with Crippen molar-refractivity contribution in [2.45, 2.75) is 31.9 Å². The van der Waals surface area contributed by atoms with Gasteiger partial charge in [-0.3, -0.25) is 0 Å². The van der Waals surface area contributed by atoms with E-state index in [1.807, 2.05) is 6.92 Å². The number of halogens is 1. The molecule has 2 aromatic heterocycles. The minimum absolute atomic E-state index is 0.0363. The van der Waals surface area contributed by atoms with Crippen LogP contribution in [0.5, 0.6) is 5.75 Å². The normalized spacial score (nSPS) is 19.5. The molecule has 0 aliphatic carbocycles. The quantitative estimate of drug-likeness (QED) is 0.630.